The van der Waals surface area contributed by atoms with Crippen LogP contribution >= 0.6 is 0 Å². The molecule has 2 aromatic carbocycles. The van der Waals surface area contributed by atoms with Gasteiger partial charge in [-0.2, -0.15) is 0 Å². The molecule has 0 fully saturated rings. The summed E-state index contributed by atoms with van der Waals surface area (Å²) >= 11 is 0. The van der Waals surface area contributed by atoms with Crippen LogP contribution in [0.25, 0.3) is 11.3 Å². The van der Waals surface area contributed by atoms with Gasteiger partial charge in [0.05, 0.1) is 16.4 Å². The molecule has 1 aliphatic rings. The van der Waals surface area contributed by atoms with Crippen LogP contribution < -0.4 is 0 Å². The molecule has 0 bridgehead atoms. The molecule has 24 heavy (non-hydrogen) atoms. The van der Waals surface area contributed by atoms with E-state index in [1.807, 2.05) is 13.0 Å². The lowest BCUT2D eigenvalue weighted by molar-refractivity contribution is -0.118. The van der Waals surface area contributed by atoms with Crippen molar-refractivity contribution in [1.29, 1.82) is 0 Å². The fourth-order valence-corrected chi connectivity index (χ4v) is 3.62. The van der Waals surface area contributed by atoms with Crippen LogP contribution in [0.5, 0.6) is 0 Å². The third-order valence-electron chi connectivity index (χ3n) is 4.00. The number of hydrogen-bond donors (Lipinski definition) is 0. The van der Waals surface area contributed by atoms with E-state index in [4.69, 9.17) is 4.74 Å². The molecule has 1 heterocycles. The first-order valence-corrected chi connectivity index (χ1v) is 9.10. The quantitative estimate of drug-likeness (QED) is 0.852. The number of carbonyl (C=O) groups excluding carboxylic acids is 1. The van der Waals surface area contributed by atoms with Crippen LogP contribution in [0.15, 0.2) is 47.4 Å². The smallest absolute Gasteiger partial charge is 0.207 e. The van der Waals surface area contributed by atoms with E-state index in [0.29, 0.717) is 16.9 Å². The van der Waals surface area contributed by atoms with E-state index in [9.17, 15) is 13.4 Å². The Bertz CT molecular complexity index is 886. The Labute approximate surface area is 142 Å². The van der Waals surface area contributed by atoms with E-state index >= 15 is 0 Å². The second-order valence-corrected chi connectivity index (χ2v) is 7.12. The summed E-state index contributed by atoms with van der Waals surface area (Å²) in [4.78, 5) is 13.2. The Morgan fingerprint density at radius 2 is 1.88 bits per heavy atom. The largest absolute Gasteiger partial charge is 0.481 e. The first kappa shape index (κ1) is 16.6. The molecule has 0 spiro atoms. The van der Waals surface area contributed by atoms with Gasteiger partial charge < -0.3 is 4.74 Å². The highest BCUT2D eigenvalue weighted by molar-refractivity contribution is 7.84. The normalized spacial score (nSPS) is 18.7. The third kappa shape index (κ3) is 2.91. The highest BCUT2D eigenvalue weighted by Crippen LogP contribution is 2.37. The number of rotatable bonds is 3. The van der Waals surface area contributed by atoms with E-state index < -0.39 is 22.7 Å². The minimum absolute atomic E-state index is 0.170. The molecule has 0 aromatic heterocycles. The Kier molecular flexibility index (Phi) is 4.37. The fourth-order valence-electron chi connectivity index (χ4n) is 2.85. The van der Waals surface area contributed by atoms with Crippen LogP contribution in [0.4, 0.5) is 4.39 Å². The summed E-state index contributed by atoms with van der Waals surface area (Å²) in [6.45, 7) is 3.54. The monoisotopic (exact) mass is 344 g/mol. The van der Waals surface area contributed by atoms with Gasteiger partial charge >= 0.3 is 0 Å². The minimum Gasteiger partial charge on any atom is -0.481 e. The van der Waals surface area contributed by atoms with Crippen molar-refractivity contribution in [3.63, 3.8) is 0 Å². The van der Waals surface area contributed by atoms with Gasteiger partial charge in [-0.1, -0.05) is 18.2 Å². The molecule has 124 valence electrons. The van der Waals surface area contributed by atoms with Gasteiger partial charge in [0.15, 0.2) is 6.10 Å². The van der Waals surface area contributed by atoms with Crippen molar-refractivity contribution in [3.05, 3.63) is 65.0 Å². The molecule has 3 rings (SSSR count). The zero-order valence-corrected chi connectivity index (χ0v) is 14.4. The molecule has 1 aliphatic heterocycles. The van der Waals surface area contributed by atoms with Crippen molar-refractivity contribution in [2.45, 2.75) is 24.8 Å². The van der Waals surface area contributed by atoms with Gasteiger partial charge in [-0.3, -0.25) is 9.00 Å². The van der Waals surface area contributed by atoms with Crippen molar-refractivity contribution in [2.75, 3.05) is 6.26 Å². The number of benzene rings is 2. The van der Waals surface area contributed by atoms with Gasteiger partial charge in [0, 0.05) is 16.7 Å². The zero-order chi connectivity index (χ0) is 17.4. The van der Waals surface area contributed by atoms with Crippen molar-refractivity contribution >= 4 is 27.9 Å². The van der Waals surface area contributed by atoms with Crippen LogP contribution in [-0.4, -0.2) is 22.4 Å². The van der Waals surface area contributed by atoms with Crippen LogP contribution in [0.2, 0.25) is 0 Å². The number of halogens is 1. The van der Waals surface area contributed by atoms with Crippen LogP contribution in [0.1, 0.15) is 23.6 Å². The number of ketones is 1. The minimum atomic E-state index is -1.09. The van der Waals surface area contributed by atoms with E-state index in [2.05, 4.69) is 0 Å². The molecule has 0 N–H and O–H groups in total. The molecule has 3 nitrogen and oxygen atoms in total. The lowest BCUT2D eigenvalue weighted by Gasteiger charge is -2.10. The summed E-state index contributed by atoms with van der Waals surface area (Å²) in [5.74, 6) is -0.134. The van der Waals surface area contributed by atoms with Crippen molar-refractivity contribution in [3.8, 4) is 0 Å². The predicted molar refractivity (Wildman–Crippen MR) is 92.3 cm³/mol. The Morgan fingerprint density at radius 1 is 1.12 bits per heavy atom. The number of ether oxygens (including phenoxy) is 1. The maximum absolute atomic E-state index is 13.6. The molecule has 0 aliphatic carbocycles. The summed E-state index contributed by atoms with van der Waals surface area (Å²) in [5.41, 5.74) is 2.46. The highest BCUT2D eigenvalue weighted by Gasteiger charge is 2.33. The van der Waals surface area contributed by atoms with Gasteiger partial charge in [0.2, 0.25) is 5.78 Å². The third-order valence-corrected chi connectivity index (χ3v) is 5.07. The van der Waals surface area contributed by atoms with Crippen molar-refractivity contribution in [1.82, 2.24) is 0 Å². The number of aryl methyl sites for hydroxylation is 1. The van der Waals surface area contributed by atoms with E-state index in [1.54, 1.807) is 37.4 Å². The first-order valence-electron chi connectivity index (χ1n) is 7.54. The van der Waals surface area contributed by atoms with E-state index in [0.717, 1.165) is 16.0 Å². The number of Topliss-reactive ketones (excluding diaryl/α,β-unsaturated/α-hetero) is 1. The molecule has 2 atom stereocenters. The second kappa shape index (κ2) is 6.32. The summed E-state index contributed by atoms with van der Waals surface area (Å²) < 4.78 is 31.0. The highest BCUT2D eigenvalue weighted by atomic mass is 32.2. The van der Waals surface area contributed by atoms with E-state index in [1.165, 1.54) is 12.1 Å². The van der Waals surface area contributed by atoms with Gasteiger partial charge in [-0.15, -0.1) is 0 Å². The average molecular weight is 344 g/mol. The summed E-state index contributed by atoms with van der Waals surface area (Å²) in [5, 5.41) is 0. The Morgan fingerprint density at radius 3 is 2.50 bits per heavy atom. The lowest BCUT2D eigenvalue weighted by atomic mass is 9.97. The Balaban J connectivity index is 2.17. The van der Waals surface area contributed by atoms with Crippen LogP contribution in [0.3, 0.4) is 0 Å². The second-order valence-electron chi connectivity index (χ2n) is 5.77. The maximum atomic E-state index is 13.6. The van der Waals surface area contributed by atoms with Crippen LogP contribution in [0, 0.1) is 12.7 Å². The summed E-state index contributed by atoms with van der Waals surface area (Å²) in [6.07, 6.45) is 1.01. The predicted octanol–water partition coefficient (Wildman–Crippen LogP) is 3.73. The molecule has 0 amide bonds. The zero-order valence-electron chi connectivity index (χ0n) is 13.6. The molecular weight excluding hydrogens is 327 g/mol. The SMILES string of the molecule is Cc1cc(C2=C(c3cccc(F)c3)C(=O)C(C)O2)ccc1S(C)=O. The maximum Gasteiger partial charge on any atom is 0.207 e. The standard InChI is InChI=1S/C19H17FO3S/c1-11-9-14(7-8-16(11)24(3)22)19-17(18(21)12(2)23-19)13-5-4-6-15(20)10-13/h4-10,12H,1-3H3. The molecule has 0 saturated carbocycles. The number of carbonyl (C=O) groups is 1. The Hall–Kier alpha value is -2.27. The molecule has 0 saturated heterocycles. The fraction of sp³-hybridized carbons (Fsp3) is 0.211. The topological polar surface area (TPSA) is 43.4 Å². The van der Waals surface area contributed by atoms with Crippen LogP contribution in [-0.2, 0) is 20.3 Å². The van der Waals surface area contributed by atoms with Gasteiger partial charge in [0.1, 0.15) is 11.6 Å². The number of hydrogen-bond acceptors (Lipinski definition) is 3. The average Bonchev–Trinajstić information content (AvgIpc) is 2.82. The molecule has 2 unspecified atom stereocenters. The molecular formula is C19H17FO3S. The molecule has 0 radical (unpaired) electrons. The van der Waals surface area contributed by atoms with Crippen molar-refractivity contribution < 1.29 is 18.1 Å². The molecule has 5 heteroatoms. The molecule has 2 aromatic rings. The van der Waals surface area contributed by atoms with Gasteiger partial charge in [-0.05, 0) is 49.2 Å². The van der Waals surface area contributed by atoms with Crippen molar-refractivity contribution in [2.24, 2.45) is 0 Å². The first-order chi connectivity index (χ1) is 11.4. The van der Waals surface area contributed by atoms with Gasteiger partial charge in [0.25, 0.3) is 0 Å². The van der Waals surface area contributed by atoms with E-state index in [-0.39, 0.29) is 5.78 Å². The summed E-state index contributed by atoms with van der Waals surface area (Å²) in [6, 6.07) is 11.3. The lowest BCUT2D eigenvalue weighted by Crippen LogP contribution is -2.12. The van der Waals surface area contributed by atoms with Gasteiger partial charge in [-0.25, -0.2) is 4.39 Å². The summed E-state index contributed by atoms with van der Waals surface area (Å²) in [7, 11) is -1.09.